The molecular formula is C25H17N3O5S. The van der Waals surface area contributed by atoms with Crippen LogP contribution in [0.25, 0.3) is 27.9 Å². The molecule has 9 heteroatoms. The molecule has 0 fully saturated rings. The number of hydrogen-bond donors (Lipinski definition) is 1. The van der Waals surface area contributed by atoms with Crippen molar-refractivity contribution in [2.75, 3.05) is 7.11 Å². The van der Waals surface area contributed by atoms with Crippen LogP contribution < -0.4 is 15.9 Å². The molecule has 0 saturated carbocycles. The van der Waals surface area contributed by atoms with Crippen molar-refractivity contribution in [3.05, 3.63) is 99.9 Å². The summed E-state index contributed by atoms with van der Waals surface area (Å²) in [4.78, 5) is 34.5. The van der Waals surface area contributed by atoms with Crippen LogP contribution in [-0.4, -0.2) is 26.8 Å². The van der Waals surface area contributed by atoms with Gasteiger partial charge in [0.2, 0.25) is 0 Å². The van der Waals surface area contributed by atoms with E-state index in [-0.39, 0.29) is 21.0 Å². The van der Waals surface area contributed by atoms with Crippen molar-refractivity contribution in [1.82, 2.24) is 14.5 Å². The number of nitrogens with zero attached hydrogens (tertiary/aromatic N) is 3. The Hall–Kier alpha value is -4.37. The summed E-state index contributed by atoms with van der Waals surface area (Å²) in [6, 6.07) is 19.4. The largest absolute Gasteiger partial charge is 0.505 e. The molecule has 0 unspecified atom stereocenters. The Morgan fingerprint density at radius 3 is 2.35 bits per heavy atom. The van der Waals surface area contributed by atoms with Crippen molar-refractivity contribution in [2.24, 2.45) is 0 Å². The van der Waals surface area contributed by atoms with Gasteiger partial charge in [0, 0.05) is 24.1 Å². The average Bonchev–Trinajstić information content (AvgIpc) is 2.87. The smallest absolute Gasteiger partial charge is 0.354 e. The van der Waals surface area contributed by atoms with Gasteiger partial charge in [-0.2, -0.15) is 0 Å². The molecule has 8 nitrogen and oxygen atoms in total. The highest BCUT2D eigenvalue weighted by atomic mass is 32.2. The Morgan fingerprint density at radius 2 is 1.68 bits per heavy atom. The van der Waals surface area contributed by atoms with E-state index in [0.717, 1.165) is 17.3 Å². The lowest BCUT2D eigenvalue weighted by molar-refractivity contribution is 0.414. The molecule has 0 saturated heterocycles. The lowest BCUT2D eigenvalue weighted by Gasteiger charge is -2.16. The van der Waals surface area contributed by atoms with Gasteiger partial charge in [0.15, 0.2) is 10.9 Å². The first-order chi connectivity index (χ1) is 16.6. The quantitative estimate of drug-likeness (QED) is 0.379. The highest BCUT2D eigenvalue weighted by Gasteiger charge is 2.22. The van der Waals surface area contributed by atoms with E-state index in [9.17, 15) is 14.7 Å². The first kappa shape index (κ1) is 21.5. The molecule has 1 N–H and O–H groups in total. The van der Waals surface area contributed by atoms with E-state index in [4.69, 9.17) is 9.15 Å². The van der Waals surface area contributed by atoms with E-state index >= 15 is 0 Å². The molecule has 0 aliphatic carbocycles. The van der Waals surface area contributed by atoms with Gasteiger partial charge in [-0.15, -0.1) is 0 Å². The molecule has 5 aromatic rings. The first-order valence-electron chi connectivity index (χ1n) is 10.2. The highest BCUT2D eigenvalue weighted by molar-refractivity contribution is 7.99. The van der Waals surface area contributed by atoms with Crippen LogP contribution in [0.2, 0.25) is 0 Å². The van der Waals surface area contributed by atoms with Crippen LogP contribution in [-0.2, 0) is 0 Å². The van der Waals surface area contributed by atoms with Gasteiger partial charge in [-0.05, 0) is 47.7 Å². The molecule has 3 aromatic heterocycles. The fraction of sp³-hybridized carbons (Fsp3) is 0.0400. The number of pyridine rings is 1. The number of aromatic hydroxyl groups is 1. The van der Waals surface area contributed by atoms with E-state index in [0.29, 0.717) is 17.1 Å². The van der Waals surface area contributed by atoms with E-state index in [1.54, 1.807) is 43.5 Å². The number of fused-ring (bicyclic) bond motifs is 1. The normalized spacial score (nSPS) is 11.0. The number of aromatic nitrogens is 3. The molecule has 2 aromatic carbocycles. The standard InChI is InChI=1S/C25H17N3O5S/c1-32-17-10-8-16(9-11-17)28-18(15-6-3-2-4-7-15)14-19-20(23(28)30)21(29)22(24(31)33-19)34-25-26-12-5-13-27-25/h2-14,29H,1H3. The SMILES string of the molecule is COc1ccc(-n2c(-c3ccccc3)cc3oc(=O)c(Sc4ncccn4)c(O)c3c2=O)cc1. The van der Waals surface area contributed by atoms with Crippen LogP contribution in [0.1, 0.15) is 0 Å². The van der Waals surface area contributed by atoms with E-state index in [1.807, 2.05) is 30.3 Å². The lowest BCUT2D eigenvalue weighted by atomic mass is 10.1. The monoisotopic (exact) mass is 471 g/mol. The van der Waals surface area contributed by atoms with Crippen molar-refractivity contribution in [3.63, 3.8) is 0 Å². The summed E-state index contributed by atoms with van der Waals surface area (Å²) in [5.74, 6) is 0.157. The molecule has 0 atom stereocenters. The second kappa shape index (κ2) is 8.87. The summed E-state index contributed by atoms with van der Waals surface area (Å²) in [6.07, 6.45) is 3.02. The van der Waals surface area contributed by atoms with Crippen molar-refractivity contribution >= 4 is 22.7 Å². The fourth-order valence-corrected chi connectivity index (χ4v) is 4.30. The summed E-state index contributed by atoms with van der Waals surface area (Å²) in [5, 5.41) is 11.1. The van der Waals surface area contributed by atoms with Gasteiger partial charge in [0.25, 0.3) is 5.56 Å². The lowest BCUT2D eigenvalue weighted by Crippen LogP contribution is -2.21. The van der Waals surface area contributed by atoms with Crippen LogP contribution in [0.3, 0.4) is 0 Å². The van der Waals surface area contributed by atoms with Gasteiger partial charge in [-0.1, -0.05) is 30.3 Å². The average molecular weight is 471 g/mol. The van der Waals surface area contributed by atoms with Gasteiger partial charge in [0.1, 0.15) is 21.6 Å². The molecule has 3 heterocycles. The Morgan fingerprint density at radius 1 is 0.971 bits per heavy atom. The molecule has 0 amide bonds. The van der Waals surface area contributed by atoms with Crippen LogP contribution >= 0.6 is 11.8 Å². The van der Waals surface area contributed by atoms with Gasteiger partial charge >= 0.3 is 5.63 Å². The number of benzene rings is 2. The molecule has 0 aliphatic rings. The Balaban J connectivity index is 1.81. The summed E-state index contributed by atoms with van der Waals surface area (Å²) in [6.45, 7) is 0. The van der Waals surface area contributed by atoms with Gasteiger partial charge in [0.05, 0.1) is 12.8 Å². The molecule has 0 bridgehead atoms. The zero-order valence-corrected chi connectivity index (χ0v) is 18.7. The number of ether oxygens (including phenoxy) is 1. The third-order valence-corrected chi connectivity index (χ3v) is 6.11. The second-order valence-electron chi connectivity index (χ2n) is 7.17. The molecule has 168 valence electrons. The summed E-state index contributed by atoms with van der Waals surface area (Å²) >= 11 is 0.828. The highest BCUT2D eigenvalue weighted by Crippen LogP contribution is 2.35. The summed E-state index contributed by atoms with van der Waals surface area (Å²) in [7, 11) is 1.56. The summed E-state index contributed by atoms with van der Waals surface area (Å²) in [5.41, 5.74) is 0.432. The second-order valence-corrected chi connectivity index (χ2v) is 8.15. The van der Waals surface area contributed by atoms with Gasteiger partial charge in [-0.3, -0.25) is 9.36 Å². The van der Waals surface area contributed by atoms with Gasteiger partial charge in [-0.25, -0.2) is 14.8 Å². The van der Waals surface area contributed by atoms with Crippen molar-refractivity contribution in [2.45, 2.75) is 10.1 Å². The van der Waals surface area contributed by atoms with Crippen LogP contribution in [0.15, 0.2) is 103 Å². The van der Waals surface area contributed by atoms with Crippen LogP contribution in [0.5, 0.6) is 11.5 Å². The van der Waals surface area contributed by atoms with E-state index in [1.165, 1.54) is 17.0 Å². The predicted molar refractivity (Wildman–Crippen MR) is 128 cm³/mol. The molecule has 0 radical (unpaired) electrons. The molecular weight excluding hydrogens is 454 g/mol. The Labute approximate surface area is 197 Å². The van der Waals surface area contributed by atoms with Crippen LogP contribution in [0.4, 0.5) is 0 Å². The van der Waals surface area contributed by atoms with Gasteiger partial charge < -0.3 is 14.3 Å². The maximum atomic E-state index is 13.8. The zero-order valence-electron chi connectivity index (χ0n) is 17.8. The minimum absolute atomic E-state index is 0.0190. The number of rotatable bonds is 5. The Bertz CT molecular complexity index is 1600. The molecule has 0 aliphatic heterocycles. The minimum Gasteiger partial charge on any atom is -0.505 e. The molecule has 5 rings (SSSR count). The van der Waals surface area contributed by atoms with Crippen molar-refractivity contribution in [1.29, 1.82) is 0 Å². The first-order valence-corrected chi connectivity index (χ1v) is 11.0. The van der Waals surface area contributed by atoms with Crippen molar-refractivity contribution in [3.8, 4) is 28.4 Å². The maximum absolute atomic E-state index is 13.8. The third-order valence-electron chi connectivity index (χ3n) is 5.15. The molecule has 34 heavy (non-hydrogen) atoms. The zero-order chi connectivity index (χ0) is 23.7. The molecule has 0 spiro atoms. The Kier molecular flexibility index (Phi) is 5.60. The minimum atomic E-state index is -0.789. The summed E-state index contributed by atoms with van der Waals surface area (Å²) < 4.78 is 12.2. The third kappa shape index (κ3) is 3.82. The maximum Gasteiger partial charge on any atom is 0.354 e. The topological polar surface area (TPSA) is 107 Å². The van der Waals surface area contributed by atoms with Crippen LogP contribution in [0, 0.1) is 0 Å². The van der Waals surface area contributed by atoms with E-state index < -0.39 is 16.9 Å². The van der Waals surface area contributed by atoms with E-state index in [2.05, 4.69) is 9.97 Å². The van der Waals surface area contributed by atoms with Crippen molar-refractivity contribution < 1.29 is 14.3 Å². The number of hydrogen-bond acceptors (Lipinski definition) is 8. The number of methoxy groups -OCH3 is 1. The fourth-order valence-electron chi connectivity index (χ4n) is 3.57. The predicted octanol–water partition coefficient (Wildman–Crippen LogP) is 4.27.